The van der Waals surface area contributed by atoms with E-state index in [0.717, 1.165) is 61.3 Å². The molecule has 3 N–H and O–H groups in total. The van der Waals surface area contributed by atoms with Crippen LogP contribution in [0.3, 0.4) is 0 Å². The van der Waals surface area contributed by atoms with E-state index >= 15 is 0 Å². The summed E-state index contributed by atoms with van der Waals surface area (Å²) >= 11 is 0. The summed E-state index contributed by atoms with van der Waals surface area (Å²) in [4.78, 5) is 32.7. The molecule has 11 heteroatoms. The molecule has 0 aliphatic carbocycles. The third-order valence-corrected chi connectivity index (χ3v) is 7.68. The Bertz CT molecular complexity index is 1500. The fraction of sp³-hybridized carbons (Fsp3) is 0.423. The minimum absolute atomic E-state index is 0.141. The third-order valence-electron chi connectivity index (χ3n) is 7.68. The van der Waals surface area contributed by atoms with Crippen molar-refractivity contribution in [2.45, 2.75) is 25.8 Å². The van der Waals surface area contributed by atoms with Crippen LogP contribution in [0.1, 0.15) is 28.4 Å². The average Bonchev–Trinajstić information content (AvgIpc) is 3.52. The molecule has 2 aromatic heterocycles. The molecule has 0 bridgehead atoms. The lowest BCUT2D eigenvalue weighted by Gasteiger charge is -2.27. The van der Waals surface area contributed by atoms with Gasteiger partial charge in [0, 0.05) is 68.4 Å². The van der Waals surface area contributed by atoms with Crippen molar-refractivity contribution >= 4 is 16.9 Å². The quantitative estimate of drug-likeness (QED) is 0.256. The number of esters is 1. The zero-order chi connectivity index (χ0) is 25.1. The molecule has 0 radical (unpaired) electrons. The first kappa shape index (κ1) is 22.7. The van der Waals surface area contributed by atoms with Gasteiger partial charge >= 0.3 is 5.97 Å². The van der Waals surface area contributed by atoms with Crippen LogP contribution < -0.4 is 25.7 Å². The number of piperazine rings is 1. The number of fused-ring (bicyclic) bond motifs is 6. The zero-order valence-corrected chi connectivity index (χ0v) is 20.2. The zero-order valence-electron chi connectivity index (χ0n) is 20.2. The summed E-state index contributed by atoms with van der Waals surface area (Å²) in [5.41, 5.74) is 4.34. The van der Waals surface area contributed by atoms with Crippen molar-refractivity contribution in [2.75, 3.05) is 46.1 Å². The molecular formula is C26H27N5O6. The fourth-order valence-corrected chi connectivity index (χ4v) is 5.69. The van der Waals surface area contributed by atoms with Crippen LogP contribution in [0.2, 0.25) is 0 Å². The first-order chi connectivity index (χ1) is 18.1. The molecule has 1 atom stereocenters. The highest BCUT2D eigenvalue weighted by molar-refractivity contribution is 5.91. The van der Waals surface area contributed by atoms with Crippen LogP contribution in [-0.2, 0) is 29.2 Å². The van der Waals surface area contributed by atoms with E-state index in [2.05, 4.69) is 15.5 Å². The minimum atomic E-state index is -1.48. The second kappa shape index (κ2) is 8.80. The van der Waals surface area contributed by atoms with Gasteiger partial charge in [-0.25, -0.2) is 9.78 Å². The number of nitrogens with one attached hydrogen (secondary N) is 2. The van der Waals surface area contributed by atoms with Gasteiger partial charge in [0.1, 0.15) is 6.61 Å². The molecule has 11 nitrogen and oxygen atoms in total. The number of pyridine rings is 2. The number of hydrogen-bond acceptors (Lipinski definition) is 10. The molecule has 4 aliphatic rings. The smallest absolute Gasteiger partial charge is 0.340 e. The van der Waals surface area contributed by atoms with Crippen LogP contribution >= 0.6 is 0 Å². The summed E-state index contributed by atoms with van der Waals surface area (Å²) in [6.07, 6.45) is -1.48. The maximum absolute atomic E-state index is 13.4. The van der Waals surface area contributed by atoms with Crippen LogP contribution in [0, 0.1) is 0 Å². The first-order valence-corrected chi connectivity index (χ1v) is 12.6. The topological polar surface area (TPSA) is 127 Å². The number of rotatable bonds is 5. The molecule has 4 aliphatic heterocycles. The molecule has 6 heterocycles. The molecule has 3 aromatic rings. The number of aliphatic hydroxyl groups excluding tert-OH is 1. The minimum Gasteiger partial charge on any atom is -0.458 e. The Morgan fingerprint density at radius 2 is 1.89 bits per heavy atom. The second-order valence-electron chi connectivity index (χ2n) is 9.77. The number of nitrogens with zero attached hydrogens (tertiary/aromatic N) is 3. The van der Waals surface area contributed by atoms with Crippen LogP contribution in [0.25, 0.3) is 22.3 Å². The maximum atomic E-state index is 13.4. The number of carbonyl (C=O) groups is 1. The molecule has 1 unspecified atom stereocenters. The van der Waals surface area contributed by atoms with Crippen LogP contribution in [0.4, 0.5) is 0 Å². The molecule has 0 amide bonds. The summed E-state index contributed by atoms with van der Waals surface area (Å²) < 4.78 is 17.9. The lowest BCUT2D eigenvalue weighted by atomic mass is 9.98. The Morgan fingerprint density at radius 1 is 1.08 bits per heavy atom. The van der Waals surface area contributed by atoms with Crippen LogP contribution in [0.15, 0.2) is 23.0 Å². The van der Waals surface area contributed by atoms with Gasteiger partial charge in [-0.2, -0.15) is 0 Å². The summed E-state index contributed by atoms with van der Waals surface area (Å²) in [5, 5.41) is 18.3. The second-order valence-corrected chi connectivity index (χ2v) is 9.77. The molecule has 192 valence electrons. The molecule has 0 saturated carbocycles. The van der Waals surface area contributed by atoms with Crippen molar-refractivity contribution in [1.82, 2.24) is 25.1 Å². The van der Waals surface area contributed by atoms with E-state index in [9.17, 15) is 14.7 Å². The van der Waals surface area contributed by atoms with Crippen LogP contribution in [0.5, 0.6) is 11.5 Å². The lowest BCUT2D eigenvalue weighted by Crippen LogP contribution is -2.45. The van der Waals surface area contributed by atoms with Gasteiger partial charge in [0.05, 0.1) is 29.0 Å². The molecule has 1 saturated heterocycles. The largest absolute Gasteiger partial charge is 0.458 e. The van der Waals surface area contributed by atoms with E-state index in [-0.39, 0.29) is 19.0 Å². The van der Waals surface area contributed by atoms with E-state index in [0.29, 0.717) is 47.1 Å². The standard InChI is InChI=1S/C26H27N5O6/c32-24-15-7-20-23-17(11-31(20)25(33)18(15)12-35-26(24)34)16(10-28-3-6-30-4-1-27-2-5-30)14-8-21-22(37-13-36-21)9-19(14)29-23/h7-9,24,27-28,32H,1-6,10-13H2. The Morgan fingerprint density at radius 3 is 2.73 bits per heavy atom. The number of cyclic esters (lactones) is 1. The summed E-state index contributed by atoms with van der Waals surface area (Å²) in [6.45, 7) is 6.87. The Kier molecular flexibility index (Phi) is 5.39. The number of aliphatic hydroxyl groups is 1. The molecular weight excluding hydrogens is 478 g/mol. The van der Waals surface area contributed by atoms with Gasteiger partial charge in [-0.05, 0) is 17.7 Å². The number of aromatic nitrogens is 2. The van der Waals surface area contributed by atoms with Crippen molar-refractivity contribution in [3.05, 3.63) is 50.8 Å². The maximum Gasteiger partial charge on any atom is 0.340 e. The van der Waals surface area contributed by atoms with Gasteiger partial charge in [0.2, 0.25) is 6.79 Å². The summed E-state index contributed by atoms with van der Waals surface area (Å²) in [5.74, 6) is 0.568. The molecule has 1 fully saturated rings. The number of ether oxygens (including phenoxy) is 3. The fourth-order valence-electron chi connectivity index (χ4n) is 5.69. The van der Waals surface area contributed by atoms with Gasteiger partial charge in [0.15, 0.2) is 17.6 Å². The SMILES string of the molecule is O=C1OCc2c(cc3n(c2=O)Cc2c-3nc3cc4c(cc3c2CNCCN2CCNCC2)OCO4)C1O. The van der Waals surface area contributed by atoms with E-state index in [1.807, 2.05) is 12.1 Å². The highest BCUT2D eigenvalue weighted by Gasteiger charge is 2.35. The number of benzene rings is 1. The van der Waals surface area contributed by atoms with Crippen molar-refractivity contribution in [2.24, 2.45) is 0 Å². The number of hydrogen-bond donors (Lipinski definition) is 3. The van der Waals surface area contributed by atoms with E-state index in [4.69, 9.17) is 19.2 Å². The summed E-state index contributed by atoms with van der Waals surface area (Å²) in [6, 6.07) is 5.54. The Hall–Kier alpha value is -3.51. The van der Waals surface area contributed by atoms with Crippen LogP contribution in [-0.4, -0.2) is 71.6 Å². The molecule has 7 rings (SSSR count). The van der Waals surface area contributed by atoms with Gasteiger partial charge in [-0.1, -0.05) is 0 Å². The normalized spacial score (nSPS) is 20.0. The average molecular weight is 506 g/mol. The Balaban J connectivity index is 1.30. The van der Waals surface area contributed by atoms with Crippen molar-refractivity contribution in [1.29, 1.82) is 0 Å². The van der Waals surface area contributed by atoms with Gasteiger partial charge < -0.3 is 34.5 Å². The monoisotopic (exact) mass is 505 g/mol. The molecule has 0 spiro atoms. The molecule has 1 aromatic carbocycles. The van der Waals surface area contributed by atoms with Crippen molar-refractivity contribution in [3.8, 4) is 22.9 Å². The highest BCUT2D eigenvalue weighted by atomic mass is 16.7. The van der Waals surface area contributed by atoms with Gasteiger partial charge in [0.25, 0.3) is 5.56 Å². The van der Waals surface area contributed by atoms with E-state index < -0.39 is 12.1 Å². The van der Waals surface area contributed by atoms with Gasteiger partial charge in [-0.15, -0.1) is 0 Å². The summed E-state index contributed by atoms with van der Waals surface area (Å²) in [7, 11) is 0. The lowest BCUT2D eigenvalue weighted by molar-refractivity contribution is -0.157. The van der Waals surface area contributed by atoms with E-state index in [1.165, 1.54) is 0 Å². The third kappa shape index (κ3) is 3.69. The van der Waals surface area contributed by atoms with E-state index in [1.54, 1.807) is 10.6 Å². The number of carbonyl (C=O) groups excluding carboxylic acids is 1. The van der Waals surface area contributed by atoms with Crippen molar-refractivity contribution < 1.29 is 24.1 Å². The Labute approximate surface area is 211 Å². The van der Waals surface area contributed by atoms with Gasteiger partial charge in [-0.3, -0.25) is 9.69 Å². The van der Waals surface area contributed by atoms with Crippen molar-refractivity contribution in [3.63, 3.8) is 0 Å². The first-order valence-electron chi connectivity index (χ1n) is 12.6. The predicted molar refractivity (Wildman–Crippen MR) is 132 cm³/mol. The predicted octanol–water partition coefficient (Wildman–Crippen LogP) is 0.239. The molecule has 37 heavy (non-hydrogen) atoms. The highest BCUT2D eigenvalue weighted by Crippen LogP contribution is 2.42.